The molecule has 0 radical (unpaired) electrons. The Morgan fingerprint density at radius 3 is 2.83 bits per heavy atom. The number of anilines is 2. The number of nitrogens with two attached hydrogens (primary N) is 1. The van der Waals surface area contributed by atoms with Crippen LogP contribution in [0, 0.1) is 0 Å². The summed E-state index contributed by atoms with van der Waals surface area (Å²) in [6, 6.07) is 11.9. The molecule has 0 unspecified atom stereocenters. The van der Waals surface area contributed by atoms with Crippen LogP contribution >= 0.6 is 0 Å². The van der Waals surface area contributed by atoms with E-state index >= 15 is 0 Å². The maximum Gasteiger partial charge on any atom is 0.241 e. The van der Waals surface area contributed by atoms with Gasteiger partial charge in [-0.25, -0.2) is 4.68 Å². The van der Waals surface area contributed by atoms with Gasteiger partial charge in [0.15, 0.2) is 0 Å². The Labute approximate surface area is 133 Å². The number of ether oxygens (including phenoxy) is 1. The summed E-state index contributed by atoms with van der Waals surface area (Å²) in [6.07, 6.45) is 2.45. The van der Waals surface area contributed by atoms with Gasteiger partial charge in [0.05, 0.1) is 19.4 Å². The van der Waals surface area contributed by atoms with Crippen molar-refractivity contribution in [2.24, 2.45) is 0 Å². The van der Waals surface area contributed by atoms with E-state index in [-0.39, 0.29) is 18.0 Å². The predicted molar refractivity (Wildman–Crippen MR) is 85.3 cm³/mol. The normalized spacial score (nSPS) is 19.9. The van der Waals surface area contributed by atoms with Gasteiger partial charge in [0.25, 0.3) is 0 Å². The maximum atomic E-state index is 5.77. The zero-order chi connectivity index (χ0) is 15.8. The standard InChI is InChI=1S/C16H17N5O2/c1-22-11-6-4-10(5-7-11)12-9-13(14-3-2-8-23-14)21-16(18-12)19-15(17)20-21/h2-8,12-13H,9H2,1H3,(H3,17,18,19,20)/t12-,13+/m1/s1. The Kier molecular flexibility index (Phi) is 3.18. The second-order valence-corrected chi connectivity index (χ2v) is 5.48. The first-order valence-corrected chi connectivity index (χ1v) is 7.40. The number of benzene rings is 1. The molecule has 0 fully saturated rings. The molecular weight excluding hydrogens is 294 g/mol. The fourth-order valence-electron chi connectivity index (χ4n) is 2.97. The monoisotopic (exact) mass is 311 g/mol. The second-order valence-electron chi connectivity index (χ2n) is 5.48. The number of nitrogen functional groups attached to an aromatic ring is 1. The molecule has 3 heterocycles. The average molecular weight is 311 g/mol. The van der Waals surface area contributed by atoms with Crippen molar-refractivity contribution in [2.75, 3.05) is 18.2 Å². The van der Waals surface area contributed by atoms with Crippen LogP contribution in [0.1, 0.15) is 29.8 Å². The predicted octanol–water partition coefficient (Wildman–Crippen LogP) is 2.61. The van der Waals surface area contributed by atoms with Gasteiger partial charge in [-0.15, -0.1) is 5.10 Å². The molecule has 3 aromatic rings. The van der Waals surface area contributed by atoms with Crippen LogP contribution < -0.4 is 15.8 Å². The topological polar surface area (TPSA) is 91.1 Å². The van der Waals surface area contributed by atoms with Crippen molar-refractivity contribution in [3.63, 3.8) is 0 Å². The highest BCUT2D eigenvalue weighted by molar-refractivity contribution is 5.41. The van der Waals surface area contributed by atoms with E-state index in [1.807, 2.05) is 36.4 Å². The van der Waals surface area contributed by atoms with Crippen LogP contribution in [-0.2, 0) is 0 Å². The largest absolute Gasteiger partial charge is 0.497 e. The van der Waals surface area contributed by atoms with Gasteiger partial charge < -0.3 is 20.2 Å². The Hall–Kier alpha value is -2.96. The minimum absolute atomic E-state index is 0.0434. The Balaban J connectivity index is 1.71. The quantitative estimate of drug-likeness (QED) is 0.772. The number of hydrogen-bond donors (Lipinski definition) is 2. The Morgan fingerprint density at radius 2 is 2.13 bits per heavy atom. The molecule has 7 heteroatoms. The molecule has 2 aromatic heterocycles. The highest BCUT2D eigenvalue weighted by atomic mass is 16.5. The minimum Gasteiger partial charge on any atom is -0.497 e. The van der Waals surface area contributed by atoms with Gasteiger partial charge in [0.2, 0.25) is 11.9 Å². The fraction of sp³-hybridized carbons (Fsp3) is 0.250. The van der Waals surface area contributed by atoms with Gasteiger partial charge >= 0.3 is 0 Å². The number of fused-ring (bicyclic) bond motifs is 1. The first-order valence-electron chi connectivity index (χ1n) is 7.40. The van der Waals surface area contributed by atoms with Crippen LogP contribution in [0.5, 0.6) is 5.75 Å². The minimum atomic E-state index is -0.0434. The van der Waals surface area contributed by atoms with Crippen LogP contribution in [-0.4, -0.2) is 21.9 Å². The summed E-state index contributed by atoms with van der Waals surface area (Å²) in [5.74, 6) is 2.58. The van der Waals surface area contributed by atoms with Gasteiger partial charge in [0.1, 0.15) is 17.6 Å². The van der Waals surface area contributed by atoms with Crippen molar-refractivity contribution in [1.82, 2.24) is 14.8 Å². The summed E-state index contributed by atoms with van der Waals surface area (Å²) in [5.41, 5.74) is 6.91. The molecule has 0 saturated carbocycles. The molecule has 3 N–H and O–H groups in total. The third kappa shape index (κ3) is 2.40. The molecule has 0 bridgehead atoms. The molecule has 2 atom stereocenters. The van der Waals surface area contributed by atoms with Crippen molar-refractivity contribution < 1.29 is 9.15 Å². The molecule has 1 aliphatic heterocycles. The summed E-state index contributed by atoms with van der Waals surface area (Å²) in [6.45, 7) is 0. The van der Waals surface area contributed by atoms with Crippen molar-refractivity contribution in [3.8, 4) is 5.75 Å². The van der Waals surface area contributed by atoms with E-state index in [4.69, 9.17) is 14.9 Å². The van der Waals surface area contributed by atoms with Gasteiger partial charge in [0, 0.05) is 6.42 Å². The molecule has 1 aliphatic rings. The number of furan rings is 1. The lowest BCUT2D eigenvalue weighted by atomic mass is 9.96. The molecule has 0 aliphatic carbocycles. The fourth-order valence-corrected chi connectivity index (χ4v) is 2.97. The summed E-state index contributed by atoms with van der Waals surface area (Å²) < 4.78 is 12.6. The van der Waals surface area contributed by atoms with Crippen molar-refractivity contribution in [2.45, 2.75) is 18.5 Å². The molecule has 23 heavy (non-hydrogen) atoms. The van der Waals surface area contributed by atoms with E-state index in [1.165, 1.54) is 0 Å². The first kappa shape index (κ1) is 13.7. The average Bonchev–Trinajstić information content (AvgIpc) is 3.22. The molecule has 1 aromatic carbocycles. The van der Waals surface area contributed by atoms with Crippen molar-refractivity contribution in [1.29, 1.82) is 0 Å². The number of nitrogens with zero attached hydrogens (tertiary/aromatic N) is 3. The van der Waals surface area contributed by atoms with Gasteiger partial charge in [-0.05, 0) is 29.8 Å². The number of methoxy groups -OCH3 is 1. The molecule has 0 amide bonds. The van der Waals surface area contributed by atoms with Crippen LogP contribution in [0.15, 0.2) is 47.1 Å². The van der Waals surface area contributed by atoms with Gasteiger partial charge in [-0.2, -0.15) is 4.98 Å². The van der Waals surface area contributed by atoms with Crippen molar-refractivity contribution >= 4 is 11.9 Å². The Morgan fingerprint density at radius 1 is 1.30 bits per heavy atom. The molecule has 4 rings (SSSR count). The van der Waals surface area contributed by atoms with Crippen LogP contribution in [0.4, 0.5) is 11.9 Å². The number of nitrogens with one attached hydrogen (secondary N) is 1. The third-order valence-corrected chi connectivity index (χ3v) is 4.09. The number of hydrogen-bond acceptors (Lipinski definition) is 6. The van der Waals surface area contributed by atoms with E-state index in [0.29, 0.717) is 5.95 Å². The zero-order valence-corrected chi connectivity index (χ0v) is 12.6. The SMILES string of the molecule is COc1ccc([C@H]2C[C@@H](c3ccco3)n3nc(N)nc3N2)cc1. The summed E-state index contributed by atoms with van der Waals surface area (Å²) in [5, 5.41) is 7.68. The number of aromatic nitrogens is 3. The third-order valence-electron chi connectivity index (χ3n) is 4.09. The molecule has 7 nitrogen and oxygen atoms in total. The number of rotatable bonds is 3. The summed E-state index contributed by atoms with van der Waals surface area (Å²) in [4.78, 5) is 4.27. The lowest BCUT2D eigenvalue weighted by Crippen LogP contribution is -2.27. The van der Waals surface area contributed by atoms with Crippen LogP contribution in [0.2, 0.25) is 0 Å². The van der Waals surface area contributed by atoms with Crippen LogP contribution in [0.3, 0.4) is 0 Å². The van der Waals surface area contributed by atoms with E-state index in [2.05, 4.69) is 15.4 Å². The lowest BCUT2D eigenvalue weighted by molar-refractivity contribution is 0.358. The zero-order valence-electron chi connectivity index (χ0n) is 12.6. The molecule has 0 saturated heterocycles. The summed E-state index contributed by atoms with van der Waals surface area (Å²) in [7, 11) is 1.66. The first-order chi connectivity index (χ1) is 11.2. The highest BCUT2D eigenvalue weighted by Crippen LogP contribution is 2.38. The molecular formula is C16H17N5O2. The van der Waals surface area contributed by atoms with Crippen molar-refractivity contribution in [3.05, 3.63) is 54.0 Å². The van der Waals surface area contributed by atoms with Crippen LogP contribution in [0.25, 0.3) is 0 Å². The smallest absolute Gasteiger partial charge is 0.241 e. The second kappa shape index (κ2) is 5.35. The molecule has 118 valence electrons. The van der Waals surface area contributed by atoms with Gasteiger partial charge in [-0.3, -0.25) is 0 Å². The molecule has 0 spiro atoms. The van der Waals surface area contributed by atoms with E-state index in [0.717, 1.165) is 23.5 Å². The summed E-state index contributed by atoms with van der Waals surface area (Å²) >= 11 is 0. The highest BCUT2D eigenvalue weighted by Gasteiger charge is 2.32. The van der Waals surface area contributed by atoms with E-state index < -0.39 is 0 Å². The van der Waals surface area contributed by atoms with E-state index in [9.17, 15) is 0 Å². The Bertz CT molecular complexity index is 795. The lowest BCUT2D eigenvalue weighted by Gasteiger charge is -2.30. The maximum absolute atomic E-state index is 5.77. The van der Waals surface area contributed by atoms with E-state index in [1.54, 1.807) is 18.1 Å². The van der Waals surface area contributed by atoms with Gasteiger partial charge in [-0.1, -0.05) is 12.1 Å².